The average Bonchev–Trinajstić information content (AvgIpc) is 2.47. The Balaban J connectivity index is 1.87. The van der Waals surface area contributed by atoms with Gasteiger partial charge in [0.2, 0.25) is 10.0 Å². The number of hydrogen-bond acceptors (Lipinski definition) is 3. The number of hydrogen-bond donors (Lipinski definition) is 2. The van der Waals surface area contributed by atoms with E-state index in [4.69, 9.17) is 0 Å². The lowest BCUT2D eigenvalue weighted by atomic mass is 9.78. The molecule has 4 nitrogen and oxygen atoms in total. The average molecular weight is 311 g/mol. The molecule has 0 aliphatic heterocycles. The van der Waals surface area contributed by atoms with Gasteiger partial charge in [0.05, 0.1) is 11.4 Å². The van der Waals surface area contributed by atoms with Crippen molar-refractivity contribution in [3.8, 4) is 0 Å². The molecule has 0 bridgehead atoms. The van der Waals surface area contributed by atoms with Gasteiger partial charge in [-0.15, -0.1) is 0 Å². The maximum Gasteiger partial charge on any atom is 0.215 e. The van der Waals surface area contributed by atoms with Gasteiger partial charge in [-0.05, 0) is 37.2 Å². The summed E-state index contributed by atoms with van der Waals surface area (Å²) >= 11 is 0. The van der Waals surface area contributed by atoms with Gasteiger partial charge in [0.15, 0.2) is 0 Å². The van der Waals surface area contributed by atoms with Gasteiger partial charge in [-0.25, -0.2) is 13.1 Å². The Hall–Kier alpha value is -0.910. The highest BCUT2D eigenvalue weighted by Gasteiger charge is 2.33. The first-order valence-corrected chi connectivity index (χ1v) is 9.31. The molecule has 0 atom stereocenters. The van der Waals surface area contributed by atoms with E-state index in [0.29, 0.717) is 18.8 Å². The minimum Gasteiger partial charge on any atom is -0.389 e. The van der Waals surface area contributed by atoms with Crippen LogP contribution in [0, 0.1) is 5.92 Å². The normalized spacial score (nSPS) is 26.7. The summed E-state index contributed by atoms with van der Waals surface area (Å²) < 4.78 is 26.7. The highest BCUT2D eigenvalue weighted by Crippen LogP contribution is 2.33. The first-order valence-electron chi connectivity index (χ1n) is 7.66. The molecule has 0 heterocycles. The van der Waals surface area contributed by atoms with Crippen molar-refractivity contribution in [2.24, 2.45) is 5.92 Å². The molecule has 5 heteroatoms. The summed E-state index contributed by atoms with van der Waals surface area (Å²) in [7, 11) is -3.40. The molecule has 0 aromatic heterocycles. The van der Waals surface area contributed by atoms with Crippen molar-refractivity contribution >= 4 is 10.0 Å². The van der Waals surface area contributed by atoms with Crippen molar-refractivity contribution in [2.45, 2.75) is 50.4 Å². The summed E-state index contributed by atoms with van der Waals surface area (Å²) in [5, 5.41) is 10.5. The highest BCUT2D eigenvalue weighted by molar-refractivity contribution is 7.88. The number of nitrogens with one attached hydrogen (secondary N) is 1. The zero-order chi connectivity index (χ0) is 15.3. The molecule has 0 spiro atoms. The van der Waals surface area contributed by atoms with E-state index in [1.54, 1.807) is 12.1 Å². The van der Waals surface area contributed by atoms with Crippen LogP contribution >= 0.6 is 0 Å². The molecule has 1 saturated carbocycles. The standard InChI is InChI=1S/C16H25NO3S/c1-2-14-8-10-16(18,11-9-14)13-17-21(19,20)12-15-6-4-3-5-7-15/h3-7,14,17-18H,2,8-13H2,1H3. The molecular weight excluding hydrogens is 286 g/mol. The molecular formula is C16H25NO3S. The maximum absolute atomic E-state index is 12.1. The minimum atomic E-state index is -3.40. The fourth-order valence-electron chi connectivity index (χ4n) is 2.89. The first kappa shape index (κ1) is 16.5. The Labute approximate surface area is 127 Å². The molecule has 1 aromatic rings. The van der Waals surface area contributed by atoms with Crippen LogP contribution in [0.1, 0.15) is 44.6 Å². The van der Waals surface area contributed by atoms with E-state index in [1.165, 1.54) is 0 Å². The van der Waals surface area contributed by atoms with Crippen molar-refractivity contribution in [1.29, 1.82) is 0 Å². The third-order valence-electron chi connectivity index (χ3n) is 4.43. The van der Waals surface area contributed by atoms with Gasteiger partial charge in [-0.1, -0.05) is 43.7 Å². The maximum atomic E-state index is 12.1. The van der Waals surface area contributed by atoms with Crippen molar-refractivity contribution in [3.05, 3.63) is 35.9 Å². The summed E-state index contributed by atoms with van der Waals surface area (Å²) in [6, 6.07) is 9.09. The Bertz CT molecular complexity index is 534. The molecule has 0 amide bonds. The van der Waals surface area contributed by atoms with Gasteiger partial charge >= 0.3 is 0 Å². The molecule has 0 saturated heterocycles. The van der Waals surface area contributed by atoms with E-state index >= 15 is 0 Å². The Kier molecular flexibility index (Phi) is 5.41. The largest absolute Gasteiger partial charge is 0.389 e. The summed E-state index contributed by atoms with van der Waals surface area (Å²) in [6.07, 6.45) is 4.45. The monoisotopic (exact) mass is 311 g/mol. The predicted molar refractivity (Wildman–Crippen MR) is 84.3 cm³/mol. The molecule has 1 aliphatic carbocycles. The van der Waals surface area contributed by atoms with Gasteiger partial charge in [-0.2, -0.15) is 0 Å². The quantitative estimate of drug-likeness (QED) is 0.848. The molecule has 118 valence electrons. The van der Waals surface area contributed by atoms with Crippen LogP contribution in [0.4, 0.5) is 0 Å². The molecule has 1 aromatic carbocycles. The summed E-state index contributed by atoms with van der Waals surface area (Å²) in [5.74, 6) is 0.632. The van der Waals surface area contributed by atoms with Gasteiger partial charge in [-0.3, -0.25) is 0 Å². The number of benzene rings is 1. The van der Waals surface area contributed by atoms with E-state index in [1.807, 2.05) is 18.2 Å². The number of rotatable bonds is 6. The lowest BCUT2D eigenvalue weighted by molar-refractivity contribution is -0.00443. The van der Waals surface area contributed by atoms with Gasteiger partial charge < -0.3 is 5.11 Å². The number of sulfonamides is 1. The second kappa shape index (κ2) is 6.90. The first-order chi connectivity index (χ1) is 9.92. The molecule has 1 aliphatic rings. The summed E-state index contributed by atoms with van der Waals surface area (Å²) in [5.41, 5.74) is -0.123. The van der Waals surface area contributed by atoms with Crippen LogP contribution in [0.3, 0.4) is 0 Å². The van der Waals surface area contributed by atoms with Crippen LogP contribution in [0.5, 0.6) is 0 Å². The molecule has 2 rings (SSSR count). The fourth-order valence-corrected chi connectivity index (χ4v) is 4.11. The lowest BCUT2D eigenvalue weighted by Gasteiger charge is -2.35. The second-order valence-electron chi connectivity index (χ2n) is 6.14. The van der Waals surface area contributed by atoms with Crippen LogP contribution in [-0.2, 0) is 15.8 Å². The van der Waals surface area contributed by atoms with Crippen molar-refractivity contribution in [2.75, 3.05) is 6.54 Å². The third kappa shape index (κ3) is 5.09. The SMILES string of the molecule is CCC1CCC(O)(CNS(=O)(=O)Cc2ccccc2)CC1. The van der Waals surface area contributed by atoms with Gasteiger partial charge in [0.25, 0.3) is 0 Å². The molecule has 0 unspecified atom stereocenters. The van der Waals surface area contributed by atoms with Crippen molar-refractivity contribution < 1.29 is 13.5 Å². The molecule has 21 heavy (non-hydrogen) atoms. The van der Waals surface area contributed by atoms with E-state index in [2.05, 4.69) is 11.6 Å². The van der Waals surface area contributed by atoms with E-state index in [-0.39, 0.29) is 12.3 Å². The predicted octanol–water partition coefficient (Wildman–Crippen LogP) is 2.44. The van der Waals surface area contributed by atoms with Crippen LogP contribution in [0.25, 0.3) is 0 Å². The smallest absolute Gasteiger partial charge is 0.215 e. The van der Waals surface area contributed by atoms with Crippen LogP contribution in [-0.4, -0.2) is 25.7 Å². The van der Waals surface area contributed by atoms with Crippen molar-refractivity contribution in [1.82, 2.24) is 4.72 Å². The van der Waals surface area contributed by atoms with E-state index < -0.39 is 15.6 Å². The third-order valence-corrected chi connectivity index (χ3v) is 5.73. The number of aliphatic hydroxyl groups is 1. The summed E-state index contributed by atoms with van der Waals surface area (Å²) in [4.78, 5) is 0. The highest BCUT2D eigenvalue weighted by atomic mass is 32.2. The fraction of sp³-hybridized carbons (Fsp3) is 0.625. The molecule has 0 radical (unpaired) electrons. The van der Waals surface area contributed by atoms with Crippen LogP contribution in [0.2, 0.25) is 0 Å². The van der Waals surface area contributed by atoms with Crippen LogP contribution < -0.4 is 4.72 Å². The topological polar surface area (TPSA) is 66.4 Å². The lowest BCUT2D eigenvalue weighted by Crippen LogP contribution is -2.45. The zero-order valence-electron chi connectivity index (χ0n) is 12.6. The van der Waals surface area contributed by atoms with Gasteiger partial charge in [0.1, 0.15) is 0 Å². The second-order valence-corrected chi connectivity index (χ2v) is 7.95. The van der Waals surface area contributed by atoms with E-state index in [0.717, 1.165) is 24.8 Å². The summed E-state index contributed by atoms with van der Waals surface area (Å²) in [6.45, 7) is 2.29. The minimum absolute atomic E-state index is 0.0402. The Morgan fingerprint density at radius 2 is 1.86 bits per heavy atom. The Morgan fingerprint density at radius 3 is 2.43 bits per heavy atom. The van der Waals surface area contributed by atoms with Gasteiger partial charge in [0, 0.05) is 6.54 Å². The van der Waals surface area contributed by atoms with Crippen molar-refractivity contribution in [3.63, 3.8) is 0 Å². The van der Waals surface area contributed by atoms with Crippen LogP contribution in [0.15, 0.2) is 30.3 Å². The van der Waals surface area contributed by atoms with E-state index in [9.17, 15) is 13.5 Å². The Morgan fingerprint density at radius 1 is 1.24 bits per heavy atom. The zero-order valence-corrected chi connectivity index (χ0v) is 13.4. The molecule has 2 N–H and O–H groups in total. The molecule has 1 fully saturated rings.